The summed E-state index contributed by atoms with van der Waals surface area (Å²) < 4.78 is 30.2. The summed E-state index contributed by atoms with van der Waals surface area (Å²) in [6.07, 6.45) is 1.44. The zero-order valence-electron chi connectivity index (χ0n) is 16.4. The number of sulfonamides is 1. The summed E-state index contributed by atoms with van der Waals surface area (Å²) in [5.41, 5.74) is 2.75. The highest BCUT2D eigenvalue weighted by molar-refractivity contribution is 7.92. The molecule has 0 spiro atoms. The van der Waals surface area contributed by atoms with Crippen molar-refractivity contribution in [1.82, 2.24) is 5.32 Å². The summed E-state index contributed by atoms with van der Waals surface area (Å²) >= 11 is 0. The molecule has 1 N–H and O–H groups in total. The second-order valence-electron chi connectivity index (χ2n) is 7.00. The number of nitrogens with one attached hydrogen (secondary N) is 1. The molecule has 2 aromatic rings. The fourth-order valence-electron chi connectivity index (χ4n) is 3.24. The Kier molecular flexibility index (Phi) is 6.22. The van der Waals surface area contributed by atoms with E-state index in [2.05, 4.69) is 5.32 Å². The third kappa shape index (κ3) is 5.14. The number of benzene rings is 2. The summed E-state index contributed by atoms with van der Waals surface area (Å²) in [4.78, 5) is 24.6. The SMILES string of the molecule is C[C@H](OC(=O)c1ccc2c(c1)CCN2S(C)(=O)=O)C(=O)NCCc1ccccc1. The summed E-state index contributed by atoms with van der Waals surface area (Å²) in [7, 11) is -3.34. The number of nitrogens with zero attached hydrogens (tertiary/aromatic N) is 1. The van der Waals surface area contributed by atoms with Crippen molar-refractivity contribution >= 4 is 27.6 Å². The Morgan fingerprint density at radius 3 is 2.59 bits per heavy atom. The van der Waals surface area contributed by atoms with Crippen molar-refractivity contribution in [3.63, 3.8) is 0 Å². The first kappa shape index (κ1) is 20.9. The number of rotatable bonds is 7. The molecule has 1 amide bonds. The molecule has 7 nitrogen and oxygen atoms in total. The van der Waals surface area contributed by atoms with Gasteiger partial charge in [0.1, 0.15) is 0 Å². The summed E-state index contributed by atoms with van der Waals surface area (Å²) in [6, 6.07) is 14.5. The lowest BCUT2D eigenvalue weighted by Crippen LogP contribution is -2.36. The molecule has 1 aliphatic heterocycles. The molecule has 0 saturated heterocycles. The smallest absolute Gasteiger partial charge is 0.338 e. The molecule has 0 unspecified atom stereocenters. The van der Waals surface area contributed by atoms with E-state index in [1.54, 1.807) is 12.1 Å². The average molecular weight is 416 g/mol. The van der Waals surface area contributed by atoms with Crippen LogP contribution in [0.1, 0.15) is 28.4 Å². The maximum absolute atomic E-state index is 12.4. The fraction of sp³-hybridized carbons (Fsp3) is 0.333. The van der Waals surface area contributed by atoms with Gasteiger partial charge in [0.15, 0.2) is 6.10 Å². The minimum absolute atomic E-state index is 0.294. The van der Waals surface area contributed by atoms with Crippen molar-refractivity contribution in [2.45, 2.75) is 25.9 Å². The first-order chi connectivity index (χ1) is 13.8. The quantitative estimate of drug-likeness (QED) is 0.696. The summed E-state index contributed by atoms with van der Waals surface area (Å²) in [5.74, 6) is -0.977. The maximum atomic E-state index is 12.4. The van der Waals surface area contributed by atoms with Crippen molar-refractivity contribution in [3.05, 3.63) is 65.2 Å². The van der Waals surface area contributed by atoms with Crippen LogP contribution in [0.25, 0.3) is 0 Å². The Morgan fingerprint density at radius 2 is 1.90 bits per heavy atom. The van der Waals surface area contributed by atoms with E-state index in [4.69, 9.17) is 4.74 Å². The van der Waals surface area contributed by atoms with Gasteiger partial charge in [-0.2, -0.15) is 0 Å². The molecule has 0 aliphatic carbocycles. The highest BCUT2D eigenvalue weighted by Crippen LogP contribution is 2.30. The molecule has 0 aromatic heterocycles. The molecule has 1 aliphatic rings. The highest BCUT2D eigenvalue weighted by atomic mass is 32.2. The number of hydrogen-bond acceptors (Lipinski definition) is 5. The standard InChI is InChI=1S/C21H24N2O5S/c1-15(20(24)22-12-10-16-6-4-3-5-7-16)28-21(25)18-8-9-19-17(14-18)11-13-23(19)29(2,26)27/h3-9,14-15H,10-13H2,1-2H3,(H,22,24)/t15-/m0/s1. The van der Waals surface area contributed by atoms with Gasteiger partial charge >= 0.3 is 5.97 Å². The first-order valence-electron chi connectivity index (χ1n) is 9.39. The molecule has 8 heteroatoms. The van der Waals surface area contributed by atoms with Crippen LogP contribution in [0.2, 0.25) is 0 Å². The average Bonchev–Trinajstić information content (AvgIpc) is 3.12. The zero-order valence-corrected chi connectivity index (χ0v) is 17.2. The molecule has 1 atom stereocenters. The minimum Gasteiger partial charge on any atom is -0.449 e. The Balaban J connectivity index is 1.55. The molecule has 0 radical (unpaired) electrons. The highest BCUT2D eigenvalue weighted by Gasteiger charge is 2.27. The van der Waals surface area contributed by atoms with Crippen molar-refractivity contribution in [2.75, 3.05) is 23.7 Å². The maximum Gasteiger partial charge on any atom is 0.338 e. The van der Waals surface area contributed by atoms with Gasteiger partial charge < -0.3 is 10.1 Å². The van der Waals surface area contributed by atoms with Crippen LogP contribution >= 0.6 is 0 Å². The topological polar surface area (TPSA) is 92.8 Å². The van der Waals surface area contributed by atoms with Gasteiger partial charge in [0.25, 0.3) is 5.91 Å². The van der Waals surface area contributed by atoms with Gasteiger partial charge in [0.05, 0.1) is 17.5 Å². The Bertz CT molecular complexity index is 1000. The van der Waals surface area contributed by atoms with Gasteiger partial charge in [0.2, 0.25) is 10.0 Å². The number of anilines is 1. The second-order valence-corrected chi connectivity index (χ2v) is 8.91. The molecular weight excluding hydrogens is 392 g/mol. The van der Waals surface area contributed by atoms with Crippen LogP contribution < -0.4 is 9.62 Å². The molecule has 3 rings (SSSR count). The van der Waals surface area contributed by atoms with Gasteiger partial charge in [-0.3, -0.25) is 9.10 Å². The van der Waals surface area contributed by atoms with Crippen molar-refractivity contribution in [3.8, 4) is 0 Å². The predicted molar refractivity (Wildman–Crippen MR) is 110 cm³/mol. The van der Waals surface area contributed by atoms with E-state index >= 15 is 0 Å². The number of hydrogen-bond donors (Lipinski definition) is 1. The minimum atomic E-state index is -3.34. The molecule has 0 fully saturated rings. The second kappa shape index (κ2) is 8.65. The number of ether oxygens (including phenoxy) is 1. The summed E-state index contributed by atoms with van der Waals surface area (Å²) in [5, 5.41) is 2.76. The molecular formula is C21H24N2O5S. The van der Waals surface area contributed by atoms with Crippen LogP contribution in [0.3, 0.4) is 0 Å². The van der Waals surface area contributed by atoms with Crippen LogP contribution in [0.4, 0.5) is 5.69 Å². The van der Waals surface area contributed by atoms with Crippen LogP contribution in [-0.4, -0.2) is 45.7 Å². The van der Waals surface area contributed by atoms with Gasteiger partial charge in [-0.15, -0.1) is 0 Å². The van der Waals surface area contributed by atoms with Crippen LogP contribution in [-0.2, 0) is 32.4 Å². The van der Waals surface area contributed by atoms with Gasteiger partial charge in [0, 0.05) is 13.1 Å². The van der Waals surface area contributed by atoms with E-state index in [9.17, 15) is 18.0 Å². The molecule has 1 heterocycles. The lowest BCUT2D eigenvalue weighted by Gasteiger charge is -2.17. The van der Waals surface area contributed by atoms with Crippen LogP contribution in [0, 0.1) is 0 Å². The number of esters is 1. The third-order valence-corrected chi connectivity index (χ3v) is 5.96. The summed E-state index contributed by atoms with van der Waals surface area (Å²) in [6.45, 7) is 2.33. The van der Waals surface area contributed by atoms with E-state index in [-0.39, 0.29) is 5.91 Å². The normalized spacial score (nSPS) is 14.2. The predicted octanol–water partition coefficient (Wildman–Crippen LogP) is 1.91. The van der Waals surface area contributed by atoms with Gasteiger partial charge in [-0.1, -0.05) is 30.3 Å². The molecule has 154 valence electrons. The number of carbonyl (C=O) groups excluding carboxylic acids is 2. The van der Waals surface area contributed by atoms with E-state index in [1.165, 1.54) is 17.3 Å². The Labute approximate surface area is 170 Å². The van der Waals surface area contributed by atoms with Crippen molar-refractivity contribution in [1.29, 1.82) is 0 Å². The number of fused-ring (bicyclic) bond motifs is 1. The molecule has 0 bridgehead atoms. The monoisotopic (exact) mass is 416 g/mol. The third-order valence-electron chi connectivity index (χ3n) is 4.78. The molecule has 29 heavy (non-hydrogen) atoms. The van der Waals surface area contributed by atoms with Crippen LogP contribution in [0.15, 0.2) is 48.5 Å². The number of amides is 1. The van der Waals surface area contributed by atoms with Crippen molar-refractivity contribution < 1.29 is 22.7 Å². The molecule has 0 saturated carbocycles. The number of carbonyl (C=O) groups is 2. The van der Waals surface area contributed by atoms with E-state index in [0.717, 1.165) is 17.4 Å². The van der Waals surface area contributed by atoms with Gasteiger partial charge in [-0.05, 0) is 49.1 Å². The lowest BCUT2D eigenvalue weighted by atomic mass is 10.1. The fourth-order valence-corrected chi connectivity index (χ4v) is 4.20. The van der Waals surface area contributed by atoms with Crippen molar-refractivity contribution in [2.24, 2.45) is 0 Å². The first-order valence-corrected chi connectivity index (χ1v) is 11.2. The Hall–Kier alpha value is -2.87. The zero-order chi connectivity index (χ0) is 21.0. The lowest BCUT2D eigenvalue weighted by molar-refractivity contribution is -0.129. The Morgan fingerprint density at radius 1 is 1.17 bits per heavy atom. The van der Waals surface area contributed by atoms with E-state index in [0.29, 0.717) is 37.2 Å². The van der Waals surface area contributed by atoms with Crippen LogP contribution in [0.5, 0.6) is 0 Å². The molecule has 2 aromatic carbocycles. The largest absolute Gasteiger partial charge is 0.449 e. The van der Waals surface area contributed by atoms with E-state index < -0.39 is 22.1 Å². The van der Waals surface area contributed by atoms with Gasteiger partial charge in [-0.25, -0.2) is 13.2 Å². The van der Waals surface area contributed by atoms with E-state index in [1.807, 2.05) is 30.3 Å².